The van der Waals surface area contributed by atoms with Crippen LogP contribution in [0.2, 0.25) is 10.0 Å². The zero-order chi connectivity index (χ0) is 16.3. The molecule has 0 aliphatic carbocycles. The van der Waals surface area contributed by atoms with Gasteiger partial charge in [0.1, 0.15) is 23.7 Å². The molecule has 0 fully saturated rings. The lowest BCUT2D eigenvalue weighted by Gasteiger charge is -2.11. The highest BCUT2D eigenvalue weighted by atomic mass is 35.5. The van der Waals surface area contributed by atoms with Crippen LogP contribution < -0.4 is 10.5 Å². The van der Waals surface area contributed by atoms with Crippen LogP contribution in [-0.4, -0.2) is 13.1 Å². The fraction of sp³-hybridized carbons (Fsp3) is 0.133. The highest BCUT2D eigenvalue weighted by Crippen LogP contribution is 2.29. The number of nitrogens with two attached hydrogens (primary N) is 1. The van der Waals surface area contributed by atoms with Crippen LogP contribution in [0, 0.1) is 5.82 Å². The summed E-state index contributed by atoms with van der Waals surface area (Å²) in [5.41, 5.74) is 6.56. The first-order chi connectivity index (χ1) is 10.4. The van der Waals surface area contributed by atoms with Gasteiger partial charge in [0, 0.05) is 11.6 Å². The number of nitrogen functional groups attached to an aromatic ring is 1. The molecule has 22 heavy (non-hydrogen) atoms. The van der Waals surface area contributed by atoms with E-state index >= 15 is 0 Å². The second-order valence-electron chi connectivity index (χ2n) is 4.39. The summed E-state index contributed by atoms with van der Waals surface area (Å²) in [6.07, 6.45) is 0. The van der Waals surface area contributed by atoms with E-state index in [-0.39, 0.29) is 33.7 Å². The van der Waals surface area contributed by atoms with Gasteiger partial charge in [0.05, 0.1) is 22.8 Å². The lowest BCUT2D eigenvalue weighted by molar-refractivity contribution is 0.0469. The summed E-state index contributed by atoms with van der Waals surface area (Å²) in [6.45, 7) is -0.108. The summed E-state index contributed by atoms with van der Waals surface area (Å²) in [7, 11) is 1.40. The van der Waals surface area contributed by atoms with Crippen molar-refractivity contribution in [1.29, 1.82) is 0 Å². The Morgan fingerprint density at radius 3 is 2.59 bits per heavy atom. The Morgan fingerprint density at radius 2 is 1.95 bits per heavy atom. The Kier molecular flexibility index (Phi) is 5.11. The largest absolute Gasteiger partial charge is 0.496 e. The van der Waals surface area contributed by atoms with Gasteiger partial charge in [-0.05, 0) is 18.2 Å². The van der Waals surface area contributed by atoms with E-state index in [9.17, 15) is 9.18 Å². The molecule has 4 nitrogen and oxygen atoms in total. The number of benzene rings is 2. The van der Waals surface area contributed by atoms with Gasteiger partial charge in [0.25, 0.3) is 0 Å². The molecule has 0 unspecified atom stereocenters. The number of rotatable bonds is 4. The third-order valence-corrected chi connectivity index (χ3v) is 3.59. The highest BCUT2D eigenvalue weighted by molar-refractivity contribution is 6.33. The molecule has 2 N–H and O–H groups in total. The molecule has 0 bridgehead atoms. The minimum Gasteiger partial charge on any atom is -0.496 e. The monoisotopic (exact) mass is 343 g/mol. The highest BCUT2D eigenvalue weighted by Gasteiger charge is 2.17. The summed E-state index contributed by atoms with van der Waals surface area (Å²) in [5.74, 6) is -0.872. The fourth-order valence-electron chi connectivity index (χ4n) is 1.76. The number of hydrogen-bond acceptors (Lipinski definition) is 4. The number of ether oxygens (including phenoxy) is 2. The normalized spacial score (nSPS) is 10.4. The van der Waals surface area contributed by atoms with Crippen LogP contribution in [0.5, 0.6) is 5.75 Å². The van der Waals surface area contributed by atoms with Crippen molar-refractivity contribution in [1.82, 2.24) is 0 Å². The molecule has 0 radical (unpaired) electrons. The van der Waals surface area contributed by atoms with Crippen molar-refractivity contribution in [2.24, 2.45) is 0 Å². The van der Waals surface area contributed by atoms with Crippen LogP contribution in [-0.2, 0) is 11.3 Å². The number of halogens is 3. The van der Waals surface area contributed by atoms with Crippen LogP contribution in [0.25, 0.3) is 0 Å². The van der Waals surface area contributed by atoms with Gasteiger partial charge in [-0.25, -0.2) is 9.18 Å². The molecule has 0 aliphatic rings. The SMILES string of the molecule is COc1cc(N)c(Cl)cc1C(=O)OCc1ccc(F)cc1Cl. The molecule has 2 aromatic carbocycles. The zero-order valence-corrected chi connectivity index (χ0v) is 13.0. The maximum absolute atomic E-state index is 13.0. The van der Waals surface area contributed by atoms with E-state index in [0.29, 0.717) is 5.56 Å². The van der Waals surface area contributed by atoms with Gasteiger partial charge in [0.2, 0.25) is 0 Å². The average Bonchev–Trinajstić information content (AvgIpc) is 2.48. The van der Waals surface area contributed by atoms with Crippen molar-refractivity contribution in [3.8, 4) is 5.75 Å². The Labute approximate surface area is 136 Å². The molecule has 7 heteroatoms. The molecule has 0 spiro atoms. The molecule has 0 heterocycles. The van der Waals surface area contributed by atoms with Gasteiger partial charge in [-0.2, -0.15) is 0 Å². The van der Waals surface area contributed by atoms with Crippen LogP contribution >= 0.6 is 23.2 Å². The number of methoxy groups -OCH3 is 1. The zero-order valence-electron chi connectivity index (χ0n) is 11.5. The molecule has 0 aromatic heterocycles. The summed E-state index contributed by atoms with van der Waals surface area (Å²) >= 11 is 11.8. The first-order valence-electron chi connectivity index (χ1n) is 6.16. The smallest absolute Gasteiger partial charge is 0.342 e. The Bertz CT molecular complexity index is 722. The van der Waals surface area contributed by atoms with E-state index in [1.54, 1.807) is 0 Å². The molecule has 0 saturated heterocycles. The van der Waals surface area contributed by atoms with E-state index < -0.39 is 11.8 Å². The summed E-state index contributed by atoms with van der Waals surface area (Å²) in [4.78, 5) is 12.1. The first-order valence-corrected chi connectivity index (χ1v) is 6.92. The van der Waals surface area contributed by atoms with E-state index in [4.69, 9.17) is 38.4 Å². The van der Waals surface area contributed by atoms with Crippen molar-refractivity contribution in [2.75, 3.05) is 12.8 Å². The van der Waals surface area contributed by atoms with Crippen molar-refractivity contribution in [2.45, 2.75) is 6.61 Å². The maximum atomic E-state index is 13.0. The Morgan fingerprint density at radius 1 is 1.23 bits per heavy atom. The molecule has 0 saturated carbocycles. The quantitative estimate of drug-likeness (QED) is 0.671. The molecular formula is C15H12Cl2FNO3. The fourth-order valence-corrected chi connectivity index (χ4v) is 2.14. The third kappa shape index (κ3) is 3.61. The predicted molar refractivity (Wildman–Crippen MR) is 82.9 cm³/mol. The van der Waals surface area contributed by atoms with E-state index in [1.165, 1.54) is 31.4 Å². The predicted octanol–water partition coefficient (Wildman–Crippen LogP) is 4.08. The Hall–Kier alpha value is -1.98. The van der Waals surface area contributed by atoms with Gasteiger partial charge in [-0.15, -0.1) is 0 Å². The van der Waals surface area contributed by atoms with Crippen LogP contribution in [0.3, 0.4) is 0 Å². The van der Waals surface area contributed by atoms with E-state index in [2.05, 4.69) is 0 Å². The van der Waals surface area contributed by atoms with Crippen LogP contribution in [0.1, 0.15) is 15.9 Å². The average molecular weight is 344 g/mol. The summed E-state index contributed by atoms with van der Waals surface area (Å²) in [6, 6.07) is 6.62. The number of anilines is 1. The molecule has 0 atom stereocenters. The van der Waals surface area contributed by atoms with Crippen molar-refractivity contribution in [3.63, 3.8) is 0 Å². The van der Waals surface area contributed by atoms with Crippen molar-refractivity contribution >= 4 is 34.9 Å². The third-order valence-electron chi connectivity index (χ3n) is 2.91. The molecule has 116 valence electrons. The lowest BCUT2D eigenvalue weighted by Crippen LogP contribution is -2.08. The summed E-state index contributed by atoms with van der Waals surface area (Å²) in [5, 5.41) is 0.391. The number of esters is 1. The second-order valence-corrected chi connectivity index (χ2v) is 5.20. The molecule has 0 amide bonds. The second kappa shape index (κ2) is 6.85. The van der Waals surface area contributed by atoms with Gasteiger partial charge in [-0.3, -0.25) is 0 Å². The van der Waals surface area contributed by atoms with Gasteiger partial charge in [0.15, 0.2) is 0 Å². The summed E-state index contributed by atoms with van der Waals surface area (Å²) < 4.78 is 23.2. The topological polar surface area (TPSA) is 61.5 Å². The van der Waals surface area contributed by atoms with Gasteiger partial charge in [-0.1, -0.05) is 29.3 Å². The molecule has 0 aliphatic heterocycles. The molecule has 2 aromatic rings. The van der Waals surface area contributed by atoms with Crippen molar-refractivity contribution in [3.05, 3.63) is 57.3 Å². The lowest BCUT2D eigenvalue weighted by atomic mass is 10.2. The van der Waals surface area contributed by atoms with E-state index in [0.717, 1.165) is 6.07 Å². The number of carbonyl (C=O) groups excluding carboxylic acids is 1. The van der Waals surface area contributed by atoms with Crippen LogP contribution in [0.15, 0.2) is 30.3 Å². The molecular weight excluding hydrogens is 332 g/mol. The minimum absolute atomic E-state index is 0.108. The molecule has 2 rings (SSSR count). The van der Waals surface area contributed by atoms with E-state index in [1.807, 2.05) is 0 Å². The Balaban J connectivity index is 2.17. The van der Waals surface area contributed by atoms with Gasteiger partial charge >= 0.3 is 5.97 Å². The first kappa shape index (κ1) is 16.4. The van der Waals surface area contributed by atoms with Crippen molar-refractivity contribution < 1.29 is 18.7 Å². The number of hydrogen-bond donors (Lipinski definition) is 1. The van der Waals surface area contributed by atoms with Crippen LogP contribution in [0.4, 0.5) is 10.1 Å². The maximum Gasteiger partial charge on any atom is 0.342 e. The number of carbonyl (C=O) groups is 1. The standard InChI is InChI=1S/C15H12Cl2FNO3/c1-21-14-6-13(19)12(17)5-10(14)15(20)22-7-8-2-3-9(18)4-11(8)16/h2-6H,7,19H2,1H3. The van der Waals surface area contributed by atoms with Gasteiger partial charge < -0.3 is 15.2 Å². The minimum atomic E-state index is -0.654.